The number of carbonyl (C=O) groups is 4. The molecule has 0 aliphatic carbocycles. The number of hydrogen-bond acceptors (Lipinski definition) is 6. The van der Waals surface area contributed by atoms with Crippen LogP contribution in [-0.2, 0) is 23.9 Å². The summed E-state index contributed by atoms with van der Waals surface area (Å²) < 4.78 is 3.27. The number of amides is 3. The van der Waals surface area contributed by atoms with Crippen molar-refractivity contribution in [3.8, 4) is 0 Å². The number of carbonyl (C=O) groups excluding carboxylic acids is 4. The first-order valence-corrected chi connectivity index (χ1v) is 12.9. The van der Waals surface area contributed by atoms with Crippen molar-refractivity contribution in [3.63, 3.8) is 0 Å². The summed E-state index contributed by atoms with van der Waals surface area (Å²) in [7, 11) is 1.60. The van der Waals surface area contributed by atoms with E-state index < -0.39 is 46.3 Å². The van der Waals surface area contributed by atoms with E-state index in [-0.39, 0.29) is 11.8 Å². The fraction of sp³-hybridized carbons (Fsp3) is 0.739. The summed E-state index contributed by atoms with van der Waals surface area (Å²) in [4.78, 5) is 52.3. The van der Waals surface area contributed by atoms with Gasteiger partial charge in [0.05, 0.1) is 0 Å². The summed E-state index contributed by atoms with van der Waals surface area (Å²) >= 11 is 16.8. The van der Waals surface area contributed by atoms with E-state index in [0.29, 0.717) is 32.2 Å². The molecule has 3 amide bonds. The van der Waals surface area contributed by atoms with E-state index in [2.05, 4.69) is 17.3 Å². The van der Waals surface area contributed by atoms with Crippen LogP contribution in [0.2, 0.25) is 0 Å². The lowest BCUT2D eigenvalue weighted by atomic mass is 10.0. The standard InChI is InChI=1S/C23H37Cl3N4O5/c1-6-7-8-9-12-18(31)29(5)19(15(2)3)20(32)27-16(4)21(33)30-13-10-11-17(28-30)22(34)35-14-23(24,25)26/h6,15-17,19,28H,1,7-14H2,2-5H3,(H,27,32)/t16-,17-,19-/m0/s1. The van der Waals surface area contributed by atoms with E-state index in [1.807, 2.05) is 19.9 Å². The number of nitrogens with one attached hydrogen (secondary N) is 2. The molecule has 1 saturated heterocycles. The molecular weight excluding hydrogens is 519 g/mol. The van der Waals surface area contributed by atoms with Gasteiger partial charge in [0.15, 0.2) is 0 Å². The van der Waals surface area contributed by atoms with E-state index in [1.54, 1.807) is 14.0 Å². The van der Waals surface area contributed by atoms with Crippen LogP contribution in [0.3, 0.4) is 0 Å². The highest BCUT2D eigenvalue weighted by atomic mass is 35.6. The highest BCUT2D eigenvalue weighted by Crippen LogP contribution is 2.26. The lowest BCUT2D eigenvalue weighted by Crippen LogP contribution is -2.61. The van der Waals surface area contributed by atoms with Crippen molar-refractivity contribution in [2.45, 2.75) is 81.2 Å². The van der Waals surface area contributed by atoms with E-state index >= 15 is 0 Å². The Morgan fingerprint density at radius 2 is 1.89 bits per heavy atom. The smallest absolute Gasteiger partial charge is 0.325 e. The Bertz CT molecular complexity index is 760. The van der Waals surface area contributed by atoms with Crippen molar-refractivity contribution in [1.29, 1.82) is 0 Å². The van der Waals surface area contributed by atoms with Crippen LogP contribution < -0.4 is 10.7 Å². The molecule has 1 heterocycles. The van der Waals surface area contributed by atoms with Crippen molar-refractivity contribution in [1.82, 2.24) is 20.7 Å². The van der Waals surface area contributed by atoms with Gasteiger partial charge in [-0.15, -0.1) is 6.58 Å². The number of allylic oxidation sites excluding steroid dienone is 1. The van der Waals surface area contributed by atoms with Crippen molar-refractivity contribution in [3.05, 3.63) is 12.7 Å². The minimum atomic E-state index is -1.73. The topological polar surface area (TPSA) is 108 Å². The number of unbranched alkanes of at least 4 members (excludes halogenated alkanes) is 2. The molecule has 0 saturated carbocycles. The highest BCUT2D eigenvalue weighted by molar-refractivity contribution is 6.67. The number of hydrogen-bond donors (Lipinski definition) is 2. The van der Waals surface area contributed by atoms with Gasteiger partial charge in [-0.1, -0.05) is 54.7 Å². The number of nitrogens with zero attached hydrogens (tertiary/aromatic N) is 2. The Morgan fingerprint density at radius 3 is 2.46 bits per heavy atom. The summed E-state index contributed by atoms with van der Waals surface area (Å²) in [6, 6.07) is -2.39. The second kappa shape index (κ2) is 14.9. The summed E-state index contributed by atoms with van der Waals surface area (Å²) in [6.07, 6.45) is 5.53. The van der Waals surface area contributed by atoms with Crippen molar-refractivity contribution >= 4 is 58.5 Å². The van der Waals surface area contributed by atoms with E-state index in [4.69, 9.17) is 39.5 Å². The fourth-order valence-corrected chi connectivity index (χ4v) is 3.95. The maximum absolute atomic E-state index is 13.0. The van der Waals surface area contributed by atoms with Gasteiger partial charge in [0, 0.05) is 20.0 Å². The van der Waals surface area contributed by atoms with E-state index in [0.717, 1.165) is 12.8 Å². The van der Waals surface area contributed by atoms with Crippen LogP contribution in [0, 0.1) is 5.92 Å². The molecule has 0 bridgehead atoms. The summed E-state index contributed by atoms with van der Waals surface area (Å²) in [6.45, 7) is 8.86. The summed E-state index contributed by atoms with van der Waals surface area (Å²) in [5.41, 5.74) is 2.83. The second-order valence-corrected chi connectivity index (χ2v) is 11.5. The molecule has 1 fully saturated rings. The third-order valence-electron chi connectivity index (χ3n) is 5.60. The minimum absolute atomic E-state index is 0.129. The quantitative estimate of drug-likeness (QED) is 0.166. The highest BCUT2D eigenvalue weighted by Gasteiger charge is 2.35. The molecule has 9 nitrogen and oxygen atoms in total. The molecule has 0 unspecified atom stereocenters. The van der Waals surface area contributed by atoms with Crippen molar-refractivity contribution in [2.24, 2.45) is 5.92 Å². The Kier molecular flexibility index (Phi) is 13.4. The van der Waals surface area contributed by atoms with Gasteiger partial charge in [0.1, 0.15) is 24.7 Å². The van der Waals surface area contributed by atoms with Gasteiger partial charge in [-0.2, -0.15) is 0 Å². The third kappa shape index (κ3) is 10.9. The zero-order valence-corrected chi connectivity index (χ0v) is 23.1. The molecule has 200 valence electrons. The monoisotopic (exact) mass is 554 g/mol. The first-order chi connectivity index (χ1) is 16.3. The van der Waals surface area contributed by atoms with Crippen LogP contribution in [0.1, 0.15) is 59.3 Å². The lowest BCUT2D eigenvalue weighted by Gasteiger charge is -2.35. The Morgan fingerprint density at radius 1 is 1.23 bits per heavy atom. The van der Waals surface area contributed by atoms with Crippen LogP contribution in [0.25, 0.3) is 0 Å². The minimum Gasteiger partial charge on any atom is -0.460 e. The molecule has 2 N–H and O–H groups in total. The van der Waals surface area contributed by atoms with Gasteiger partial charge >= 0.3 is 5.97 Å². The van der Waals surface area contributed by atoms with Crippen molar-refractivity contribution < 1.29 is 23.9 Å². The average molecular weight is 556 g/mol. The number of rotatable bonds is 12. The normalized spacial score (nSPS) is 17.9. The number of ether oxygens (including phenoxy) is 1. The summed E-state index contributed by atoms with van der Waals surface area (Å²) in [5.74, 6) is -1.77. The van der Waals surface area contributed by atoms with Crippen LogP contribution in [0.4, 0.5) is 0 Å². The largest absolute Gasteiger partial charge is 0.460 e. The zero-order chi connectivity index (χ0) is 26.8. The Hall–Kier alpha value is -1.55. The Labute approximate surface area is 222 Å². The molecule has 1 aliphatic rings. The van der Waals surface area contributed by atoms with Crippen LogP contribution in [0.5, 0.6) is 0 Å². The molecule has 0 aromatic carbocycles. The zero-order valence-electron chi connectivity index (χ0n) is 20.8. The molecule has 0 aromatic rings. The van der Waals surface area contributed by atoms with Crippen LogP contribution in [0.15, 0.2) is 12.7 Å². The molecule has 0 spiro atoms. The van der Waals surface area contributed by atoms with E-state index in [1.165, 1.54) is 9.91 Å². The molecule has 12 heteroatoms. The number of hydrazine groups is 1. The predicted octanol–water partition coefficient (Wildman–Crippen LogP) is 3.13. The maximum atomic E-state index is 13.0. The number of likely N-dealkylation sites (N-methyl/N-ethyl adjacent to an activating group) is 1. The first-order valence-electron chi connectivity index (χ1n) is 11.8. The second-order valence-electron chi connectivity index (χ2n) is 8.99. The molecule has 1 rings (SSSR count). The van der Waals surface area contributed by atoms with Gasteiger partial charge < -0.3 is 15.0 Å². The third-order valence-corrected chi connectivity index (χ3v) is 5.93. The van der Waals surface area contributed by atoms with E-state index in [9.17, 15) is 19.2 Å². The maximum Gasteiger partial charge on any atom is 0.325 e. The lowest BCUT2D eigenvalue weighted by molar-refractivity contribution is -0.153. The van der Waals surface area contributed by atoms with Gasteiger partial charge in [0.2, 0.25) is 15.6 Å². The fourth-order valence-electron chi connectivity index (χ4n) is 3.79. The Balaban J connectivity index is 2.71. The predicted molar refractivity (Wildman–Crippen MR) is 137 cm³/mol. The molecular formula is C23H37Cl3N4O5. The molecule has 35 heavy (non-hydrogen) atoms. The first kappa shape index (κ1) is 31.5. The molecule has 1 aliphatic heterocycles. The average Bonchev–Trinajstić information content (AvgIpc) is 2.78. The van der Waals surface area contributed by atoms with Gasteiger partial charge in [-0.3, -0.25) is 24.2 Å². The van der Waals surface area contributed by atoms with Crippen LogP contribution in [-0.4, -0.2) is 75.7 Å². The van der Waals surface area contributed by atoms with Gasteiger partial charge in [-0.25, -0.2) is 5.43 Å². The van der Waals surface area contributed by atoms with Gasteiger partial charge in [0.25, 0.3) is 5.91 Å². The number of halogens is 3. The molecule has 0 radical (unpaired) electrons. The molecule has 3 atom stereocenters. The van der Waals surface area contributed by atoms with Crippen molar-refractivity contribution in [2.75, 3.05) is 20.2 Å². The van der Waals surface area contributed by atoms with Gasteiger partial charge in [-0.05, 0) is 44.9 Å². The SMILES string of the molecule is C=CCCCCC(=O)N(C)[C@H](C(=O)N[C@@H](C)C(=O)N1CCC[C@@H](C(=O)OCC(Cl)(Cl)Cl)N1)C(C)C. The van der Waals surface area contributed by atoms with Crippen LogP contribution >= 0.6 is 34.8 Å². The number of esters is 1. The summed E-state index contributed by atoms with van der Waals surface area (Å²) in [5, 5.41) is 4.00. The number of alkyl halides is 3. The molecule has 0 aromatic heterocycles.